The summed E-state index contributed by atoms with van der Waals surface area (Å²) in [5.41, 5.74) is 1.64. The molecular formula is C42H72Cl2Zr. The van der Waals surface area contributed by atoms with Gasteiger partial charge in [0, 0.05) is 0 Å². The molecule has 0 spiro atoms. The van der Waals surface area contributed by atoms with Gasteiger partial charge in [0.15, 0.2) is 0 Å². The summed E-state index contributed by atoms with van der Waals surface area (Å²) in [5.74, 6) is 10.6. The number of rotatable bonds is 5. The number of halogens is 2. The van der Waals surface area contributed by atoms with Gasteiger partial charge >= 0.3 is 37.9 Å². The van der Waals surface area contributed by atoms with Gasteiger partial charge in [0.05, 0.1) is 0 Å². The van der Waals surface area contributed by atoms with Crippen LogP contribution in [0.25, 0.3) is 0 Å². The predicted molar refractivity (Wildman–Crippen MR) is 199 cm³/mol. The first kappa shape index (κ1) is 41.9. The van der Waals surface area contributed by atoms with Crippen molar-refractivity contribution in [3.8, 4) is 0 Å². The monoisotopic (exact) mass is 736 g/mol. The molecule has 258 valence electrons. The molecule has 0 aliphatic heterocycles. The molecule has 1 aromatic carbocycles. The maximum absolute atomic E-state index is 4.93. The van der Waals surface area contributed by atoms with Gasteiger partial charge in [0.25, 0.3) is 0 Å². The Kier molecular flexibility index (Phi) is 21.5. The van der Waals surface area contributed by atoms with Crippen LogP contribution in [-0.4, -0.2) is 0 Å². The standard InChI is InChI=1S/C21H30.C16H28.C3H8.2CH3.2ClH.Zr/c1-2-10-17(11-3-1)21-15-18(14-16-8-4-5-9-16)19-12-6-7-13-20(19)21;1-12-10-14(11-13-6-2-3-7-13)16-9-5-4-8-15(12)16;1-3-2;;;;;/h1-3,10-11,16,18-21H,4-9,12-15H2;12-16H,2-11H2,1H3;3H2,1-2H3;2*1H3;2*1H;/q;;;2*-1;;;+4/p-2. The smallest absolute Gasteiger partial charge is 0.0128 e. The van der Waals surface area contributed by atoms with Crippen molar-refractivity contribution in [2.24, 2.45) is 53.3 Å². The van der Waals surface area contributed by atoms with Crippen molar-refractivity contribution in [2.45, 2.75) is 162 Å². The van der Waals surface area contributed by atoms with Gasteiger partial charge < -0.3 is 14.9 Å². The molecule has 6 aliphatic carbocycles. The van der Waals surface area contributed by atoms with Crippen molar-refractivity contribution in [2.75, 3.05) is 0 Å². The molecule has 0 amide bonds. The SMILES string of the molecule is CC1CC(CC2CCCC2)C2CCCCC12.CCC.[CH3-].[CH3-].[Cl][Zr+2][Cl].c1ccc(C2CC(CC3CCCC3)C3CCCCC23)cc1. The van der Waals surface area contributed by atoms with Crippen LogP contribution in [0.4, 0.5) is 0 Å². The zero-order valence-corrected chi connectivity index (χ0v) is 34.2. The molecule has 8 unspecified atom stereocenters. The third-order valence-corrected chi connectivity index (χ3v) is 12.9. The number of fused-ring (bicyclic) bond motifs is 2. The Morgan fingerprint density at radius 1 is 0.578 bits per heavy atom. The maximum atomic E-state index is 4.93. The molecule has 0 heterocycles. The molecular weight excluding hydrogens is 667 g/mol. The summed E-state index contributed by atoms with van der Waals surface area (Å²) in [6.45, 7) is 6.79. The van der Waals surface area contributed by atoms with E-state index in [-0.39, 0.29) is 14.9 Å². The molecule has 0 radical (unpaired) electrons. The Bertz CT molecular complexity index is 846. The Labute approximate surface area is 301 Å². The van der Waals surface area contributed by atoms with Crippen LogP contribution in [0, 0.1) is 68.1 Å². The minimum absolute atomic E-state index is 0. The summed E-state index contributed by atoms with van der Waals surface area (Å²) in [6.07, 6.45) is 32.0. The van der Waals surface area contributed by atoms with Crippen molar-refractivity contribution < 1.29 is 20.8 Å². The quantitative estimate of drug-likeness (QED) is 0.264. The summed E-state index contributed by atoms with van der Waals surface area (Å²) in [6, 6.07) is 11.5. The van der Waals surface area contributed by atoms with E-state index in [4.69, 9.17) is 17.0 Å². The Morgan fingerprint density at radius 2 is 0.956 bits per heavy atom. The van der Waals surface area contributed by atoms with Gasteiger partial charge in [-0.15, -0.1) is 0 Å². The van der Waals surface area contributed by atoms with Gasteiger partial charge in [0.1, 0.15) is 0 Å². The third-order valence-electron chi connectivity index (χ3n) is 12.9. The van der Waals surface area contributed by atoms with Gasteiger partial charge in [0.2, 0.25) is 0 Å². The van der Waals surface area contributed by atoms with E-state index in [1.807, 2.05) is 0 Å². The van der Waals surface area contributed by atoms with E-state index in [9.17, 15) is 0 Å². The molecule has 6 fully saturated rings. The first-order valence-corrected chi connectivity index (χ1v) is 25.4. The van der Waals surface area contributed by atoms with E-state index >= 15 is 0 Å². The van der Waals surface area contributed by atoms with Gasteiger partial charge in [-0.05, 0) is 116 Å². The van der Waals surface area contributed by atoms with Crippen LogP contribution in [-0.2, 0) is 20.8 Å². The molecule has 45 heavy (non-hydrogen) atoms. The van der Waals surface area contributed by atoms with Crippen LogP contribution < -0.4 is 0 Å². The van der Waals surface area contributed by atoms with Gasteiger partial charge in [-0.25, -0.2) is 0 Å². The molecule has 0 aromatic heterocycles. The fourth-order valence-electron chi connectivity index (χ4n) is 11.2. The molecule has 0 bridgehead atoms. The number of hydrogen-bond acceptors (Lipinski definition) is 0. The van der Waals surface area contributed by atoms with Crippen LogP contribution in [0.5, 0.6) is 0 Å². The van der Waals surface area contributed by atoms with Gasteiger partial charge in [-0.2, -0.15) is 0 Å². The second-order valence-corrected chi connectivity index (χ2v) is 19.5. The summed E-state index contributed by atoms with van der Waals surface area (Å²) in [7, 11) is 9.87. The Hall–Kier alpha value is 0.683. The molecule has 1 aromatic rings. The Balaban J connectivity index is 0.000000263. The van der Waals surface area contributed by atoms with E-state index in [0.717, 1.165) is 59.2 Å². The zero-order chi connectivity index (χ0) is 30.4. The van der Waals surface area contributed by atoms with Crippen LogP contribution in [0.2, 0.25) is 0 Å². The van der Waals surface area contributed by atoms with Crippen molar-refractivity contribution in [3.05, 3.63) is 50.7 Å². The fraction of sp³-hybridized carbons (Fsp3) is 0.810. The molecule has 0 nitrogen and oxygen atoms in total. The van der Waals surface area contributed by atoms with Crippen LogP contribution >= 0.6 is 17.0 Å². The summed E-state index contributed by atoms with van der Waals surface area (Å²) < 4.78 is 0. The minimum Gasteiger partial charge on any atom is -0.0622 e. The largest absolute Gasteiger partial charge is 0.0622 e. The van der Waals surface area contributed by atoms with Gasteiger partial charge in [-0.1, -0.05) is 135 Å². The average Bonchev–Trinajstić information content (AvgIpc) is 3.85. The zero-order valence-electron chi connectivity index (χ0n) is 30.3. The molecule has 0 saturated heterocycles. The van der Waals surface area contributed by atoms with Crippen molar-refractivity contribution >= 4 is 17.0 Å². The molecule has 6 saturated carbocycles. The van der Waals surface area contributed by atoms with Crippen LogP contribution in [0.3, 0.4) is 0 Å². The molecule has 8 atom stereocenters. The topological polar surface area (TPSA) is 0 Å². The van der Waals surface area contributed by atoms with Crippen molar-refractivity contribution in [3.63, 3.8) is 0 Å². The Morgan fingerprint density at radius 3 is 1.44 bits per heavy atom. The molecule has 6 aliphatic rings. The van der Waals surface area contributed by atoms with E-state index in [1.165, 1.54) is 89.9 Å². The fourth-order valence-corrected chi connectivity index (χ4v) is 11.2. The van der Waals surface area contributed by atoms with E-state index in [2.05, 4.69) is 51.1 Å². The van der Waals surface area contributed by atoms with Crippen molar-refractivity contribution in [1.82, 2.24) is 0 Å². The summed E-state index contributed by atoms with van der Waals surface area (Å²) >= 11 is -0.826. The molecule has 0 N–H and O–H groups in total. The summed E-state index contributed by atoms with van der Waals surface area (Å²) in [5, 5.41) is 0. The normalized spacial score (nSPS) is 33.7. The first-order chi connectivity index (χ1) is 21.1. The van der Waals surface area contributed by atoms with E-state index < -0.39 is 20.8 Å². The first-order valence-electron chi connectivity index (χ1n) is 19.1. The third kappa shape index (κ3) is 12.5. The van der Waals surface area contributed by atoms with E-state index in [1.54, 1.807) is 50.5 Å². The van der Waals surface area contributed by atoms with Crippen LogP contribution in [0.15, 0.2) is 30.3 Å². The van der Waals surface area contributed by atoms with E-state index in [0.29, 0.717) is 0 Å². The maximum Gasteiger partial charge on any atom is -0.0128 e. The van der Waals surface area contributed by atoms with Gasteiger partial charge in [-0.3, -0.25) is 0 Å². The molecule has 7 rings (SSSR count). The number of benzene rings is 1. The minimum atomic E-state index is -0.826. The summed E-state index contributed by atoms with van der Waals surface area (Å²) in [4.78, 5) is 0. The average molecular weight is 739 g/mol. The number of hydrogen-bond donors (Lipinski definition) is 0. The second-order valence-electron chi connectivity index (χ2n) is 15.8. The predicted octanol–water partition coefficient (Wildman–Crippen LogP) is 14.9. The van der Waals surface area contributed by atoms with Crippen molar-refractivity contribution in [1.29, 1.82) is 0 Å². The molecule has 3 heteroatoms. The second kappa shape index (κ2) is 23.2. The van der Waals surface area contributed by atoms with Crippen LogP contribution in [0.1, 0.15) is 167 Å².